The number of amides is 1. The minimum atomic E-state index is -0.431. The number of carbonyl (C=O) groups excluding carboxylic acids is 2. The number of ether oxygens (including phenoxy) is 1. The maximum absolute atomic E-state index is 13.1. The summed E-state index contributed by atoms with van der Waals surface area (Å²) in [5.74, 6) is -0.675. The lowest BCUT2D eigenvalue weighted by molar-refractivity contribution is -0.142. The highest BCUT2D eigenvalue weighted by molar-refractivity contribution is 6.02. The molecule has 5 nitrogen and oxygen atoms in total. The molecule has 0 aromatic heterocycles. The third-order valence-electron chi connectivity index (χ3n) is 5.27. The highest BCUT2D eigenvalue weighted by Gasteiger charge is 2.48. The van der Waals surface area contributed by atoms with Crippen LogP contribution in [-0.2, 0) is 14.3 Å². The average Bonchev–Trinajstić information content (AvgIpc) is 3.40. The second-order valence-corrected chi connectivity index (χ2v) is 6.77. The fraction of sp³-hybridized carbons (Fsp3) is 0.286. The molecule has 0 N–H and O–H groups in total. The first-order chi connectivity index (χ1) is 12.6. The summed E-state index contributed by atoms with van der Waals surface area (Å²) < 4.78 is 4.90. The van der Waals surface area contributed by atoms with E-state index in [1.165, 1.54) is 7.11 Å². The van der Waals surface area contributed by atoms with Gasteiger partial charge >= 0.3 is 5.97 Å². The first-order valence-electron chi connectivity index (χ1n) is 8.62. The number of nitrogens with zero attached hydrogens (tertiary/aromatic N) is 2. The van der Waals surface area contributed by atoms with Crippen molar-refractivity contribution < 1.29 is 14.3 Å². The summed E-state index contributed by atoms with van der Waals surface area (Å²) in [6.07, 6.45) is 0.773. The molecule has 1 aliphatic heterocycles. The van der Waals surface area contributed by atoms with Crippen LogP contribution in [-0.4, -0.2) is 25.5 Å². The Kier molecular flexibility index (Phi) is 3.96. The monoisotopic (exact) mass is 346 g/mol. The fourth-order valence-electron chi connectivity index (χ4n) is 3.84. The third-order valence-corrected chi connectivity index (χ3v) is 5.27. The van der Waals surface area contributed by atoms with Gasteiger partial charge in [-0.25, -0.2) is 0 Å². The standard InChI is InChI=1S/C21H18N2O3/c1-26-21(25)18-12-23(19-8-3-2-7-15(18)19)20(24)17-10-16(17)14-6-4-5-13(9-14)11-22/h2-9,16-18H,10,12H2,1H3/t16-,17+,18-/m1/s1. The molecule has 3 atom stereocenters. The largest absolute Gasteiger partial charge is 0.468 e. The number of carbonyl (C=O) groups is 2. The number of rotatable bonds is 3. The molecule has 2 aromatic carbocycles. The zero-order chi connectivity index (χ0) is 18.3. The molecule has 2 aromatic rings. The smallest absolute Gasteiger partial charge is 0.315 e. The van der Waals surface area contributed by atoms with Crippen LogP contribution in [0.2, 0.25) is 0 Å². The van der Waals surface area contributed by atoms with E-state index in [0.717, 1.165) is 23.2 Å². The van der Waals surface area contributed by atoms with Crippen LogP contribution in [0.25, 0.3) is 0 Å². The Labute approximate surface area is 151 Å². The average molecular weight is 346 g/mol. The quantitative estimate of drug-likeness (QED) is 0.801. The Hall–Kier alpha value is -3.13. The maximum atomic E-state index is 13.1. The summed E-state index contributed by atoms with van der Waals surface area (Å²) in [6, 6.07) is 17.1. The first kappa shape index (κ1) is 16.3. The van der Waals surface area contributed by atoms with Gasteiger partial charge in [0.25, 0.3) is 0 Å². The summed E-state index contributed by atoms with van der Waals surface area (Å²) >= 11 is 0. The molecule has 1 aliphatic carbocycles. The first-order valence-corrected chi connectivity index (χ1v) is 8.62. The summed E-state index contributed by atoms with van der Waals surface area (Å²) in [5, 5.41) is 9.06. The predicted octanol–water partition coefficient (Wildman–Crippen LogP) is 2.97. The molecule has 0 saturated heterocycles. The second-order valence-electron chi connectivity index (χ2n) is 6.77. The van der Waals surface area contributed by atoms with E-state index in [2.05, 4.69) is 6.07 Å². The summed E-state index contributed by atoms with van der Waals surface area (Å²) in [7, 11) is 1.37. The van der Waals surface area contributed by atoms with E-state index in [-0.39, 0.29) is 23.7 Å². The van der Waals surface area contributed by atoms with E-state index in [1.807, 2.05) is 42.5 Å². The van der Waals surface area contributed by atoms with Crippen LogP contribution in [0.1, 0.15) is 34.9 Å². The SMILES string of the molecule is COC(=O)[C@@H]1CN(C(=O)[C@H]2C[C@@H]2c2cccc(C#N)c2)c2ccccc21. The van der Waals surface area contributed by atoms with Gasteiger partial charge in [0.1, 0.15) is 5.92 Å². The number of methoxy groups -OCH3 is 1. The predicted molar refractivity (Wildman–Crippen MR) is 95.6 cm³/mol. The molecule has 0 unspecified atom stereocenters. The molecule has 1 amide bonds. The molecule has 1 fully saturated rings. The fourth-order valence-corrected chi connectivity index (χ4v) is 3.84. The summed E-state index contributed by atoms with van der Waals surface area (Å²) in [6.45, 7) is 0.326. The van der Waals surface area contributed by atoms with Crippen LogP contribution in [0, 0.1) is 17.2 Å². The molecule has 130 valence electrons. The number of fused-ring (bicyclic) bond motifs is 1. The van der Waals surface area contributed by atoms with Crippen molar-refractivity contribution in [2.45, 2.75) is 18.3 Å². The minimum absolute atomic E-state index is 0.0382. The van der Waals surface area contributed by atoms with Crippen LogP contribution in [0.5, 0.6) is 0 Å². The van der Waals surface area contributed by atoms with Gasteiger partial charge in [0.15, 0.2) is 0 Å². The molecule has 26 heavy (non-hydrogen) atoms. The Balaban J connectivity index is 1.56. The maximum Gasteiger partial charge on any atom is 0.315 e. The van der Waals surface area contributed by atoms with Crippen molar-refractivity contribution in [1.82, 2.24) is 0 Å². The van der Waals surface area contributed by atoms with Crippen molar-refractivity contribution in [1.29, 1.82) is 5.26 Å². The molecule has 1 heterocycles. The summed E-state index contributed by atoms with van der Waals surface area (Å²) in [4.78, 5) is 26.9. The number of benzene rings is 2. The topological polar surface area (TPSA) is 70.4 Å². The molecule has 0 radical (unpaired) electrons. The lowest BCUT2D eigenvalue weighted by Crippen LogP contribution is -2.33. The highest BCUT2D eigenvalue weighted by Crippen LogP contribution is 2.50. The zero-order valence-corrected chi connectivity index (χ0v) is 14.4. The van der Waals surface area contributed by atoms with Gasteiger partial charge in [-0.2, -0.15) is 5.26 Å². The van der Waals surface area contributed by atoms with Crippen LogP contribution in [0.4, 0.5) is 5.69 Å². The number of hydrogen-bond donors (Lipinski definition) is 0. The second kappa shape index (κ2) is 6.30. The van der Waals surface area contributed by atoms with Crippen LogP contribution >= 0.6 is 0 Å². The molecule has 0 spiro atoms. The number of esters is 1. The lowest BCUT2D eigenvalue weighted by Gasteiger charge is -2.18. The highest BCUT2D eigenvalue weighted by atomic mass is 16.5. The molecule has 5 heteroatoms. The lowest BCUT2D eigenvalue weighted by atomic mass is 10.0. The van der Waals surface area contributed by atoms with E-state index in [0.29, 0.717) is 12.1 Å². The zero-order valence-electron chi connectivity index (χ0n) is 14.4. The third kappa shape index (κ3) is 2.64. The number of hydrogen-bond acceptors (Lipinski definition) is 4. The van der Waals surface area contributed by atoms with E-state index in [1.54, 1.807) is 11.0 Å². The van der Waals surface area contributed by atoms with Gasteiger partial charge in [0.2, 0.25) is 5.91 Å². The molecule has 4 rings (SSSR count). The van der Waals surface area contributed by atoms with E-state index in [4.69, 9.17) is 10.00 Å². The van der Waals surface area contributed by atoms with Gasteiger partial charge in [-0.15, -0.1) is 0 Å². The van der Waals surface area contributed by atoms with E-state index < -0.39 is 5.92 Å². The molecule has 1 saturated carbocycles. The van der Waals surface area contributed by atoms with Crippen molar-refractivity contribution in [3.05, 3.63) is 65.2 Å². The minimum Gasteiger partial charge on any atom is -0.468 e. The Morgan fingerprint density at radius 2 is 2.00 bits per heavy atom. The van der Waals surface area contributed by atoms with Crippen LogP contribution < -0.4 is 4.90 Å². The van der Waals surface area contributed by atoms with Crippen molar-refractivity contribution in [2.24, 2.45) is 5.92 Å². The Morgan fingerprint density at radius 3 is 2.77 bits per heavy atom. The van der Waals surface area contributed by atoms with Gasteiger partial charge in [0, 0.05) is 18.2 Å². The Morgan fingerprint density at radius 1 is 1.19 bits per heavy atom. The van der Waals surface area contributed by atoms with Crippen molar-refractivity contribution in [3.8, 4) is 6.07 Å². The van der Waals surface area contributed by atoms with Crippen molar-refractivity contribution in [3.63, 3.8) is 0 Å². The number of nitriles is 1. The van der Waals surface area contributed by atoms with Gasteiger partial charge < -0.3 is 9.64 Å². The van der Waals surface area contributed by atoms with Crippen molar-refractivity contribution >= 4 is 17.6 Å². The molecule has 0 bridgehead atoms. The van der Waals surface area contributed by atoms with Gasteiger partial charge in [-0.3, -0.25) is 9.59 Å². The molecular formula is C21H18N2O3. The van der Waals surface area contributed by atoms with E-state index in [9.17, 15) is 9.59 Å². The van der Waals surface area contributed by atoms with Gasteiger partial charge in [-0.05, 0) is 41.7 Å². The van der Waals surface area contributed by atoms with Gasteiger partial charge in [-0.1, -0.05) is 30.3 Å². The molecule has 2 aliphatic rings. The van der Waals surface area contributed by atoms with Gasteiger partial charge in [0.05, 0.1) is 18.7 Å². The number of para-hydroxylation sites is 1. The number of anilines is 1. The summed E-state index contributed by atoms with van der Waals surface area (Å²) in [5.41, 5.74) is 3.28. The normalized spacial score (nSPS) is 23.1. The van der Waals surface area contributed by atoms with Crippen LogP contribution in [0.3, 0.4) is 0 Å². The Bertz CT molecular complexity index is 931. The van der Waals surface area contributed by atoms with Crippen LogP contribution in [0.15, 0.2) is 48.5 Å². The molecular weight excluding hydrogens is 328 g/mol. The van der Waals surface area contributed by atoms with Crippen molar-refractivity contribution in [2.75, 3.05) is 18.6 Å². The van der Waals surface area contributed by atoms with E-state index >= 15 is 0 Å².